The molecule has 0 amide bonds. The van der Waals surface area contributed by atoms with Crippen molar-refractivity contribution in [2.24, 2.45) is 16.3 Å². The van der Waals surface area contributed by atoms with E-state index in [1.165, 1.54) is 6.26 Å². The van der Waals surface area contributed by atoms with Crippen LogP contribution < -0.4 is 10.2 Å². The van der Waals surface area contributed by atoms with Crippen molar-refractivity contribution in [3.63, 3.8) is 0 Å². The fraction of sp³-hybridized carbons (Fsp3) is 0.455. The summed E-state index contributed by atoms with van der Waals surface area (Å²) in [4.78, 5) is 6.68. The lowest BCUT2D eigenvalue weighted by Crippen LogP contribution is -2.82. The Morgan fingerprint density at radius 3 is 2.47 bits per heavy atom. The van der Waals surface area contributed by atoms with Gasteiger partial charge < -0.3 is 9.64 Å². The van der Waals surface area contributed by atoms with Crippen molar-refractivity contribution in [1.29, 1.82) is 5.41 Å². The van der Waals surface area contributed by atoms with E-state index in [0.717, 1.165) is 37.2 Å². The number of benzene rings is 1. The van der Waals surface area contributed by atoms with Crippen molar-refractivity contribution >= 4 is 15.8 Å². The van der Waals surface area contributed by atoms with E-state index in [9.17, 15) is 8.42 Å². The third kappa shape index (κ3) is 6.83. The molecule has 0 radical (unpaired) electrons. The van der Waals surface area contributed by atoms with Gasteiger partial charge in [0.25, 0.3) is 0 Å². The third-order valence-corrected chi connectivity index (χ3v) is 6.36. The molecule has 0 atom stereocenters. The van der Waals surface area contributed by atoms with Crippen LogP contribution in [0.5, 0.6) is 5.75 Å². The van der Waals surface area contributed by atoms with Crippen LogP contribution in [0.2, 0.25) is 0 Å². The molecule has 9 nitrogen and oxygen atoms in total. The first-order valence-corrected chi connectivity index (χ1v) is 12.6. The summed E-state index contributed by atoms with van der Waals surface area (Å²) in [6.07, 6.45) is 4.75. The molecule has 2 aromatic rings. The number of aromatic nitrogens is 1. The number of nitrogens with zero attached hydrogens (tertiary/aromatic N) is 4. The SMILES string of the molecule is CC(C)[NH2+]N=NC(=N)N1CCC(COc2ccc(-c3ccc(S(C)(=O)=O)cc3)nc2)CC1. The summed E-state index contributed by atoms with van der Waals surface area (Å²) < 4.78 is 29.1. The summed E-state index contributed by atoms with van der Waals surface area (Å²) in [7, 11) is -3.21. The van der Waals surface area contributed by atoms with Crippen LogP contribution in [0.15, 0.2) is 57.8 Å². The average molecular weight is 460 g/mol. The van der Waals surface area contributed by atoms with Crippen LogP contribution in [0.4, 0.5) is 0 Å². The molecule has 0 spiro atoms. The maximum Gasteiger partial charge on any atom is 0.243 e. The summed E-state index contributed by atoms with van der Waals surface area (Å²) in [6.45, 7) is 6.20. The Kier molecular flexibility index (Phi) is 7.92. The van der Waals surface area contributed by atoms with Gasteiger partial charge in [-0.3, -0.25) is 10.4 Å². The molecule has 1 aliphatic rings. The second-order valence-corrected chi connectivity index (χ2v) is 10.4. The van der Waals surface area contributed by atoms with Crippen molar-refractivity contribution in [2.75, 3.05) is 26.0 Å². The lowest BCUT2D eigenvalue weighted by molar-refractivity contribution is -0.695. The normalized spacial score (nSPS) is 15.4. The number of rotatable bonds is 7. The molecule has 3 N–H and O–H groups in total. The number of nitrogens with one attached hydrogen (secondary N) is 1. The second kappa shape index (κ2) is 10.6. The highest BCUT2D eigenvalue weighted by atomic mass is 32.2. The monoisotopic (exact) mass is 459 g/mol. The molecule has 0 bridgehead atoms. The molecule has 1 aromatic heterocycles. The van der Waals surface area contributed by atoms with Crippen LogP contribution in [0.25, 0.3) is 11.3 Å². The number of pyridine rings is 1. The van der Waals surface area contributed by atoms with Crippen LogP contribution in [0, 0.1) is 11.3 Å². The van der Waals surface area contributed by atoms with Gasteiger partial charge in [0.1, 0.15) is 11.8 Å². The predicted octanol–water partition coefficient (Wildman–Crippen LogP) is 2.52. The predicted molar refractivity (Wildman–Crippen MR) is 122 cm³/mol. The molecular formula is C22H31N6O3S+. The Labute approximate surface area is 189 Å². The number of hydrogen-bond donors (Lipinski definition) is 2. The van der Waals surface area contributed by atoms with E-state index >= 15 is 0 Å². The summed E-state index contributed by atoms with van der Waals surface area (Å²) in [5, 5.41) is 16.0. The van der Waals surface area contributed by atoms with E-state index in [4.69, 9.17) is 10.1 Å². The Morgan fingerprint density at radius 2 is 1.91 bits per heavy atom. The Bertz CT molecular complexity index is 1030. The zero-order valence-electron chi connectivity index (χ0n) is 18.7. The molecule has 1 fully saturated rings. The fourth-order valence-electron chi connectivity index (χ4n) is 3.32. The Balaban J connectivity index is 1.46. The van der Waals surface area contributed by atoms with Crippen molar-refractivity contribution in [2.45, 2.75) is 37.6 Å². The van der Waals surface area contributed by atoms with E-state index in [-0.39, 0.29) is 5.96 Å². The van der Waals surface area contributed by atoms with Gasteiger partial charge in [-0.2, -0.15) is 5.43 Å². The lowest BCUT2D eigenvalue weighted by Gasteiger charge is -2.31. The van der Waals surface area contributed by atoms with Gasteiger partial charge in [-0.25, -0.2) is 8.42 Å². The summed E-state index contributed by atoms with van der Waals surface area (Å²) in [5.74, 6) is 1.33. The largest absolute Gasteiger partial charge is 0.492 e. The molecule has 32 heavy (non-hydrogen) atoms. The number of hydrogen-bond acceptors (Lipinski definition) is 6. The average Bonchev–Trinajstić information content (AvgIpc) is 2.77. The first-order chi connectivity index (χ1) is 15.2. The van der Waals surface area contributed by atoms with Crippen molar-refractivity contribution in [3.05, 3.63) is 42.6 Å². The second-order valence-electron chi connectivity index (χ2n) is 8.35. The molecule has 2 heterocycles. The Morgan fingerprint density at radius 1 is 1.22 bits per heavy atom. The van der Waals surface area contributed by atoms with Gasteiger partial charge in [0, 0.05) is 30.1 Å². The van der Waals surface area contributed by atoms with Crippen molar-refractivity contribution in [1.82, 2.24) is 9.88 Å². The van der Waals surface area contributed by atoms with Gasteiger partial charge in [-0.1, -0.05) is 17.2 Å². The van der Waals surface area contributed by atoms with Crippen LogP contribution in [0.3, 0.4) is 0 Å². The van der Waals surface area contributed by atoms with Gasteiger partial charge in [0.05, 0.1) is 23.4 Å². The summed E-state index contributed by atoms with van der Waals surface area (Å²) >= 11 is 0. The number of guanidine groups is 1. The zero-order valence-corrected chi connectivity index (χ0v) is 19.5. The highest BCUT2D eigenvalue weighted by molar-refractivity contribution is 7.90. The van der Waals surface area contributed by atoms with Gasteiger partial charge in [-0.05, 0) is 56.9 Å². The van der Waals surface area contributed by atoms with Gasteiger partial charge in [0.2, 0.25) is 5.96 Å². The zero-order chi connectivity index (χ0) is 23.1. The topological polar surface area (TPSA) is 125 Å². The van der Waals surface area contributed by atoms with E-state index in [0.29, 0.717) is 29.2 Å². The first-order valence-electron chi connectivity index (χ1n) is 10.7. The molecular weight excluding hydrogens is 428 g/mol. The van der Waals surface area contributed by atoms with Crippen LogP contribution in [0.1, 0.15) is 26.7 Å². The lowest BCUT2D eigenvalue weighted by atomic mass is 9.98. The minimum atomic E-state index is -3.21. The number of quaternary nitrogens is 1. The van der Waals surface area contributed by atoms with E-state index in [2.05, 4.69) is 15.3 Å². The molecule has 10 heteroatoms. The summed E-state index contributed by atoms with van der Waals surface area (Å²) in [6, 6.07) is 10.8. The first kappa shape index (κ1) is 23.8. The third-order valence-electron chi connectivity index (χ3n) is 5.23. The van der Waals surface area contributed by atoms with Crippen LogP contribution in [-0.2, 0) is 9.84 Å². The standard InChI is InChI=1S/C22H30N6O3S/c1-16(2)25-27-26-22(23)28-12-10-17(11-13-28)15-31-19-6-9-21(24-14-19)18-4-7-20(8-5-18)32(3,29)30/h4-9,14,16-17H,10-13,15H2,1-3H3,(H2,23,25,26)/p+1. The molecule has 0 aliphatic carbocycles. The minimum absolute atomic E-state index is 0.214. The minimum Gasteiger partial charge on any atom is -0.492 e. The number of piperidine rings is 1. The van der Waals surface area contributed by atoms with E-state index < -0.39 is 9.84 Å². The fourth-order valence-corrected chi connectivity index (χ4v) is 3.95. The summed E-state index contributed by atoms with van der Waals surface area (Å²) in [5.41, 5.74) is 3.34. The Hall–Kier alpha value is -2.85. The van der Waals surface area contributed by atoms with Crippen molar-refractivity contribution < 1.29 is 18.6 Å². The molecule has 172 valence electrons. The van der Waals surface area contributed by atoms with E-state index in [1.54, 1.807) is 35.9 Å². The van der Waals surface area contributed by atoms with Crippen LogP contribution >= 0.6 is 0 Å². The number of likely N-dealkylation sites (tertiary alicyclic amines) is 1. The van der Waals surface area contributed by atoms with E-state index in [1.807, 2.05) is 30.9 Å². The number of ether oxygens (including phenoxy) is 1. The quantitative estimate of drug-likeness (QED) is 0.216. The maximum absolute atomic E-state index is 11.6. The van der Waals surface area contributed by atoms with Crippen molar-refractivity contribution in [3.8, 4) is 17.0 Å². The smallest absolute Gasteiger partial charge is 0.243 e. The molecule has 3 rings (SSSR count). The highest BCUT2D eigenvalue weighted by Gasteiger charge is 2.22. The molecule has 1 saturated heterocycles. The van der Waals surface area contributed by atoms with Crippen LogP contribution in [-0.4, -0.2) is 56.3 Å². The van der Waals surface area contributed by atoms with Gasteiger partial charge in [0.15, 0.2) is 9.84 Å². The van der Waals surface area contributed by atoms with Gasteiger partial charge in [-0.15, -0.1) is 0 Å². The molecule has 0 unspecified atom stereocenters. The number of sulfone groups is 1. The molecule has 0 saturated carbocycles. The maximum atomic E-state index is 11.6. The number of nitrogens with two attached hydrogens (primary N) is 1. The highest BCUT2D eigenvalue weighted by Crippen LogP contribution is 2.23. The molecule has 1 aromatic carbocycles. The molecule has 1 aliphatic heterocycles. The van der Waals surface area contributed by atoms with Gasteiger partial charge >= 0.3 is 0 Å².